The minimum atomic E-state index is -0.206. The predicted molar refractivity (Wildman–Crippen MR) is 82.9 cm³/mol. The quantitative estimate of drug-likeness (QED) is 0.783. The van der Waals surface area contributed by atoms with Gasteiger partial charge in [-0.25, -0.2) is 0 Å². The lowest BCUT2D eigenvalue weighted by Crippen LogP contribution is -2.41. The van der Waals surface area contributed by atoms with Crippen LogP contribution in [0.1, 0.15) is 42.6 Å². The van der Waals surface area contributed by atoms with Gasteiger partial charge in [0.15, 0.2) is 0 Å². The molecule has 0 bridgehead atoms. The Morgan fingerprint density at radius 3 is 2.57 bits per heavy atom. The van der Waals surface area contributed by atoms with E-state index < -0.39 is 0 Å². The van der Waals surface area contributed by atoms with Crippen molar-refractivity contribution < 1.29 is 15.0 Å². The number of carbonyl (C=O) groups is 1. The molecule has 1 amide bonds. The standard InChI is InChI=1S/C17H23NO3/c1-3-16(4-2)18(10-12-20)17(21)15-9-5-7-14(13-15)8-6-11-19/h5,7,9,13,16,19-20H,3-4,10-12H2,1-2H3. The van der Waals surface area contributed by atoms with E-state index in [0.29, 0.717) is 17.7 Å². The second kappa shape index (κ2) is 9.17. The first kappa shape index (κ1) is 17.2. The first-order chi connectivity index (χ1) is 10.2. The minimum Gasteiger partial charge on any atom is -0.395 e. The average molecular weight is 289 g/mol. The molecule has 0 aliphatic heterocycles. The molecule has 0 unspecified atom stereocenters. The van der Waals surface area contributed by atoms with Gasteiger partial charge in [0.2, 0.25) is 0 Å². The monoisotopic (exact) mass is 289 g/mol. The summed E-state index contributed by atoms with van der Waals surface area (Å²) in [6, 6.07) is 7.17. The molecule has 0 spiro atoms. The largest absolute Gasteiger partial charge is 0.395 e. The van der Waals surface area contributed by atoms with Crippen LogP contribution in [0.25, 0.3) is 0 Å². The summed E-state index contributed by atoms with van der Waals surface area (Å²) >= 11 is 0. The van der Waals surface area contributed by atoms with Gasteiger partial charge in [-0.05, 0) is 31.0 Å². The zero-order valence-corrected chi connectivity index (χ0v) is 12.7. The summed E-state index contributed by atoms with van der Waals surface area (Å²) < 4.78 is 0. The van der Waals surface area contributed by atoms with Crippen molar-refractivity contribution in [3.63, 3.8) is 0 Å². The molecule has 4 heteroatoms. The van der Waals surface area contributed by atoms with Gasteiger partial charge in [0, 0.05) is 23.7 Å². The number of nitrogens with zero attached hydrogens (tertiary/aromatic N) is 1. The lowest BCUT2D eigenvalue weighted by molar-refractivity contribution is 0.0622. The summed E-state index contributed by atoms with van der Waals surface area (Å²) in [6.45, 7) is 4.15. The first-order valence-corrected chi connectivity index (χ1v) is 7.29. The van der Waals surface area contributed by atoms with E-state index in [1.807, 2.05) is 13.8 Å². The molecule has 0 saturated carbocycles. The van der Waals surface area contributed by atoms with E-state index in [0.717, 1.165) is 12.8 Å². The highest BCUT2D eigenvalue weighted by atomic mass is 16.3. The topological polar surface area (TPSA) is 60.8 Å². The van der Waals surface area contributed by atoms with Crippen LogP contribution in [0.5, 0.6) is 0 Å². The zero-order valence-electron chi connectivity index (χ0n) is 12.7. The number of rotatable bonds is 6. The number of aliphatic hydroxyl groups is 2. The maximum Gasteiger partial charge on any atom is 0.254 e. The zero-order chi connectivity index (χ0) is 15.7. The molecule has 0 aliphatic carbocycles. The van der Waals surface area contributed by atoms with Gasteiger partial charge in [-0.15, -0.1) is 0 Å². The van der Waals surface area contributed by atoms with Gasteiger partial charge >= 0.3 is 0 Å². The SMILES string of the molecule is CCC(CC)N(CCO)C(=O)c1cccc(C#CCO)c1. The van der Waals surface area contributed by atoms with E-state index in [2.05, 4.69) is 11.8 Å². The number of aliphatic hydroxyl groups excluding tert-OH is 2. The van der Waals surface area contributed by atoms with Crippen molar-refractivity contribution in [1.29, 1.82) is 0 Å². The molecule has 1 rings (SSSR count). The molecule has 4 nitrogen and oxygen atoms in total. The Bertz CT molecular complexity index is 512. The molecule has 114 valence electrons. The Balaban J connectivity index is 3.03. The minimum absolute atomic E-state index is 0.0494. The van der Waals surface area contributed by atoms with Crippen LogP contribution in [-0.4, -0.2) is 46.8 Å². The highest BCUT2D eigenvalue weighted by Gasteiger charge is 2.21. The number of amides is 1. The van der Waals surface area contributed by atoms with Crippen molar-refractivity contribution in [3.8, 4) is 11.8 Å². The molecule has 0 aromatic heterocycles. The normalized spacial score (nSPS) is 10.1. The smallest absolute Gasteiger partial charge is 0.254 e. The third-order valence-corrected chi connectivity index (χ3v) is 3.41. The summed E-state index contributed by atoms with van der Waals surface area (Å²) in [5.74, 6) is 5.28. The van der Waals surface area contributed by atoms with Crippen LogP contribution < -0.4 is 0 Å². The summed E-state index contributed by atoms with van der Waals surface area (Å²) in [5, 5.41) is 17.9. The fourth-order valence-corrected chi connectivity index (χ4v) is 2.32. The Kier molecular flexibility index (Phi) is 7.52. The van der Waals surface area contributed by atoms with Crippen LogP contribution in [0.3, 0.4) is 0 Å². The van der Waals surface area contributed by atoms with Gasteiger partial charge in [-0.1, -0.05) is 31.8 Å². The molecular formula is C17H23NO3. The Hall–Kier alpha value is -1.83. The second-order valence-electron chi connectivity index (χ2n) is 4.73. The van der Waals surface area contributed by atoms with E-state index in [1.54, 1.807) is 29.2 Å². The molecule has 0 saturated heterocycles. The fourth-order valence-electron chi connectivity index (χ4n) is 2.32. The van der Waals surface area contributed by atoms with Crippen molar-refractivity contribution in [2.75, 3.05) is 19.8 Å². The lowest BCUT2D eigenvalue weighted by atomic mass is 10.1. The van der Waals surface area contributed by atoms with Gasteiger partial charge in [0.05, 0.1) is 6.61 Å². The Morgan fingerprint density at radius 2 is 2.00 bits per heavy atom. The molecule has 0 atom stereocenters. The predicted octanol–water partition coefficient (Wildman–Crippen LogP) is 1.65. The van der Waals surface area contributed by atoms with Crippen molar-refractivity contribution in [1.82, 2.24) is 4.90 Å². The number of hydrogen-bond donors (Lipinski definition) is 2. The van der Waals surface area contributed by atoms with Gasteiger partial charge in [0.25, 0.3) is 5.91 Å². The van der Waals surface area contributed by atoms with Crippen LogP contribution in [-0.2, 0) is 0 Å². The second-order valence-corrected chi connectivity index (χ2v) is 4.73. The first-order valence-electron chi connectivity index (χ1n) is 7.29. The highest BCUT2D eigenvalue weighted by Crippen LogP contribution is 2.14. The molecule has 1 aromatic rings. The van der Waals surface area contributed by atoms with Gasteiger partial charge in [0.1, 0.15) is 6.61 Å². The third kappa shape index (κ3) is 4.89. The molecule has 0 aliphatic rings. The molecule has 0 radical (unpaired) electrons. The van der Waals surface area contributed by atoms with E-state index in [-0.39, 0.29) is 25.2 Å². The molecule has 2 N–H and O–H groups in total. The fraction of sp³-hybridized carbons (Fsp3) is 0.471. The van der Waals surface area contributed by atoms with Crippen LogP contribution >= 0.6 is 0 Å². The summed E-state index contributed by atoms with van der Waals surface area (Å²) in [7, 11) is 0. The van der Waals surface area contributed by atoms with Crippen molar-refractivity contribution in [2.45, 2.75) is 32.7 Å². The van der Waals surface area contributed by atoms with Crippen molar-refractivity contribution in [3.05, 3.63) is 35.4 Å². The molecule has 1 aromatic carbocycles. The molecule has 21 heavy (non-hydrogen) atoms. The van der Waals surface area contributed by atoms with Crippen LogP contribution in [0.4, 0.5) is 0 Å². The summed E-state index contributed by atoms with van der Waals surface area (Å²) in [5.41, 5.74) is 1.25. The number of benzene rings is 1. The van der Waals surface area contributed by atoms with Crippen LogP contribution in [0, 0.1) is 11.8 Å². The van der Waals surface area contributed by atoms with Crippen LogP contribution in [0.2, 0.25) is 0 Å². The lowest BCUT2D eigenvalue weighted by Gasteiger charge is -2.30. The van der Waals surface area contributed by atoms with Crippen molar-refractivity contribution >= 4 is 5.91 Å². The molecule has 0 heterocycles. The Labute approximate surface area is 126 Å². The summed E-state index contributed by atoms with van der Waals surface area (Å²) in [6.07, 6.45) is 1.71. The van der Waals surface area contributed by atoms with Gasteiger partial charge < -0.3 is 15.1 Å². The van der Waals surface area contributed by atoms with E-state index in [1.165, 1.54) is 0 Å². The van der Waals surface area contributed by atoms with Gasteiger partial charge in [-0.3, -0.25) is 4.79 Å². The van der Waals surface area contributed by atoms with Crippen molar-refractivity contribution in [2.24, 2.45) is 0 Å². The highest BCUT2D eigenvalue weighted by molar-refractivity contribution is 5.94. The maximum atomic E-state index is 12.6. The average Bonchev–Trinajstić information content (AvgIpc) is 2.52. The third-order valence-electron chi connectivity index (χ3n) is 3.41. The maximum absolute atomic E-state index is 12.6. The van der Waals surface area contributed by atoms with E-state index in [9.17, 15) is 9.90 Å². The van der Waals surface area contributed by atoms with Crippen LogP contribution in [0.15, 0.2) is 24.3 Å². The van der Waals surface area contributed by atoms with E-state index >= 15 is 0 Å². The number of carbonyl (C=O) groups excluding carboxylic acids is 1. The summed E-state index contributed by atoms with van der Waals surface area (Å²) in [4.78, 5) is 14.4. The molecular weight excluding hydrogens is 266 g/mol. The Morgan fingerprint density at radius 1 is 1.29 bits per heavy atom. The molecule has 0 fully saturated rings. The number of hydrogen-bond acceptors (Lipinski definition) is 3. The van der Waals surface area contributed by atoms with E-state index in [4.69, 9.17) is 5.11 Å². The van der Waals surface area contributed by atoms with Gasteiger partial charge in [-0.2, -0.15) is 0 Å².